The predicted octanol–water partition coefficient (Wildman–Crippen LogP) is 3.53. The molecule has 0 heterocycles. The average molecular weight is 288 g/mol. The summed E-state index contributed by atoms with van der Waals surface area (Å²) in [6, 6.07) is 7.88. The van der Waals surface area contributed by atoms with Crippen molar-refractivity contribution in [3.63, 3.8) is 0 Å². The Morgan fingerprint density at radius 1 is 1.24 bits per heavy atom. The molecule has 0 bridgehead atoms. The zero-order valence-electron chi connectivity index (χ0n) is 13.3. The van der Waals surface area contributed by atoms with Crippen LogP contribution in [0.15, 0.2) is 24.3 Å². The smallest absolute Gasteiger partial charge is 0.226 e. The highest BCUT2D eigenvalue weighted by Gasteiger charge is 2.40. The standard InChI is InChI=1S/C18H28N2O/c1-14(2)13-18(10-3-4-11-18)17(21)20-12-9-15-5-7-16(19)8-6-15/h5-8,14H,3-4,9-13,19H2,1-2H3,(H,20,21). The van der Waals surface area contributed by atoms with Crippen LogP contribution in [0.3, 0.4) is 0 Å². The molecule has 0 spiro atoms. The second kappa shape index (κ2) is 6.97. The van der Waals surface area contributed by atoms with E-state index in [4.69, 9.17) is 5.73 Å². The quantitative estimate of drug-likeness (QED) is 0.787. The summed E-state index contributed by atoms with van der Waals surface area (Å²) >= 11 is 0. The van der Waals surface area contributed by atoms with Gasteiger partial charge in [0.1, 0.15) is 0 Å². The summed E-state index contributed by atoms with van der Waals surface area (Å²) in [5.74, 6) is 0.843. The third-order valence-corrected chi connectivity index (χ3v) is 4.52. The first-order valence-corrected chi connectivity index (χ1v) is 8.14. The van der Waals surface area contributed by atoms with Crippen molar-refractivity contribution in [3.05, 3.63) is 29.8 Å². The first kappa shape index (κ1) is 15.9. The molecule has 0 radical (unpaired) electrons. The first-order chi connectivity index (χ1) is 10.0. The maximum absolute atomic E-state index is 12.6. The van der Waals surface area contributed by atoms with Gasteiger partial charge < -0.3 is 11.1 Å². The molecule has 0 aromatic heterocycles. The normalized spacial score (nSPS) is 17.1. The van der Waals surface area contributed by atoms with Gasteiger partial charge in [0.2, 0.25) is 5.91 Å². The Balaban J connectivity index is 1.86. The van der Waals surface area contributed by atoms with Gasteiger partial charge in [-0.05, 0) is 49.3 Å². The van der Waals surface area contributed by atoms with Crippen LogP contribution in [-0.4, -0.2) is 12.5 Å². The van der Waals surface area contributed by atoms with Crippen LogP contribution in [0.2, 0.25) is 0 Å². The predicted molar refractivity (Wildman–Crippen MR) is 87.9 cm³/mol. The highest BCUT2D eigenvalue weighted by atomic mass is 16.2. The summed E-state index contributed by atoms with van der Waals surface area (Å²) in [6.45, 7) is 5.13. The van der Waals surface area contributed by atoms with Crippen LogP contribution >= 0.6 is 0 Å². The number of hydrogen-bond acceptors (Lipinski definition) is 2. The van der Waals surface area contributed by atoms with Gasteiger partial charge >= 0.3 is 0 Å². The van der Waals surface area contributed by atoms with Crippen LogP contribution < -0.4 is 11.1 Å². The Labute approximate surface area is 128 Å². The van der Waals surface area contributed by atoms with Crippen molar-refractivity contribution in [2.24, 2.45) is 11.3 Å². The topological polar surface area (TPSA) is 55.1 Å². The van der Waals surface area contributed by atoms with E-state index in [1.807, 2.05) is 24.3 Å². The maximum Gasteiger partial charge on any atom is 0.226 e. The summed E-state index contributed by atoms with van der Waals surface area (Å²) in [5.41, 5.74) is 7.58. The number of nitrogen functional groups attached to an aromatic ring is 1. The van der Waals surface area contributed by atoms with Gasteiger partial charge in [-0.1, -0.05) is 38.8 Å². The van der Waals surface area contributed by atoms with E-state index in [2.05, 4.69) is 19.2 Å². The summed E-state index contributed by atoms with van der Waals surface area (Å²) < 4.78 is 0. The lowest BCUT2D eigenvalue weighted by atomic mass is 9.77. The number of benzene rings is 1. The van der Waals surface area contributed by atoms with Crippen LogP contribution in [0, 0.1) is 11.3 Å². The molecule has 1 aliphatic rings. The first-order valence-electron chi connectivity index (χ1n) is 8.14. The number of nitrogens with two attached hydrogens (primary N) is 1. The SMILES string of the molecule is CC(C)CC1(C(=O)NCCc2ccc(N)cc2)CCCC1. The van der Waals surface area contributed by atoms with E-state index in [1.54, 1.807) is 0 Å². The summed E-state index contributed by atoms with van der Waals surface area (Å²) in [7, 11) is 0. The van der Waals surface area contributed by atoms with E-state index >= 15 is 0 Å². The minimum Gasteiger partial charge on any atom is -0.399 e. The number of anilines is 1. The van der Waals surface area contributed by atoms with Gasteiger partial charge in [-0.2, -0.15) is 0 Å². The second-order valence-electron chi connectivity index (χ2n) is 6.83. The Hall–Kier alpha value is -1.51. The van der Waals surface area contributed by atoms with Crippen molar-refractivity contribution >= 4 is 11.6 Å². The monoisotopic (exact) mass is 288 g/mol. The zero-order chi connectivity index (χ0) is 15.3. The molecule has 3 heteroatoms. The molecule has 3 nitrogen and oxygen atoms in total. The Kier molecular flexibility index (Phi) is 5.27. The Morgan fingerprint density at radius 3 is 2.43 bits per heavy atom. The number of amides is 1. The van der Waals surface area contributed by atoms with Gasteiger partial charge in [-0.25, -0.2) is 0 Å². The molecular weight excluding hydrogens is 260 g/mol. The fourth-order valence-corrected chi connectivity index (χ4v) is 3.55. The number of carbonyl (C=O) groups excluding carboxylic acids is 1. The highest BCUT2D eigenvalue weighted by molar-refractivity contribution is 5.82. The summed E-state index contributed by atoms with van der Waals surface area (Å²) in [6.07, 6.45) is 6.37. The Bertz CT molecular complexity index is 459. The van der Waals surface area contributed by atoms with Gasteiger partial charge in [0, 0.05) is 17.6 Å². The maximum atomic E-state index is 12.6. The molecule has 2 rings (SSSR count). The molecule has 0 saturated heterocycles. The van der Waals surface area contributed by atoms with Gasteiger partial charge in [-0.15, -0.1) is 0 Å². The van der Waals surface area contributed by atoms with Crippen LogP contribution in [-0.2, 0) is 11.2 Å². The van der Waals surface area contributed by atoms with Gasteiger partial charge in [0.05, 0.1) is 0 Å². The lowest BCUT2D eigenvalue weighted by Crippen LogP contribution is -2.41. The minimum atomic E-state index is -0.102. The lowest BCUT2D eigenvalue weighted by molar-refractivity contribution is -0.131. The van der Waals surface area contributed by atoms with Crippen molar-refractivity contribution in [3.8, 4) is 0 Å². The van der Waals surface area contributed by atoms with E-state index in [0.717, 1.165) is 31.4 Å². The van der Waals surface area contributed by atoms with Crippen molar-refractivity contribution in [1.82, 2.24) is 5.32 Å². The molecular formula is C18H28N2O. The molecule has 116 valence electrons. The molecule has 1 fully saturated rings. The van der Waals surface area contributed by atoms with Crippen molar-refractivity contribution in [2.75, 3.05) is 12.3 Å². The van der Waals surface area contributed by atoms with E-state index < -0.39 is 0 Å². The summed E-state index contributed by atoms with van der Waals surface area (Å²) in [4.78, 5) is 12.6. The third-order valence-electron chi connectivity index (χ3n) is 4.52. The number of carbonyl (C=O) groups is 1. The van der Waals surface area contributed by atoms with Crippen LogP contribution in [0.5, 0.6) is 0 Å². The van der Waals surface area contributed by atoms with Gasteiger partial charge in [0.25, 0.3) is 0 Å². The fraction of sp³-hybridized carbons (Fsp3) is 0.611. The van der Waals surface area contributed by atoms with Crippen LogP contribution in [0.1, 0.15) is 51.5 Å². The molecule has 0 aliphatic heterocycles. The van der Waals surface area contributed by atoms with Crippen LogP contribution in [0.25, 0.3) is 0 Å². The average Bonchev–Trinajstić information content (AvgIpc) is 2.90. The van der Waals surface area contributed by atoms with Gasteiger partial charge in [0.15, 0.2) is 0 Å². The number of nitrogens with one attached hydrogen (secondary N) is 1. The number of rotatable bonds is 6. The molecule has 0 unspecified atom stereocenters. The fourth-order valence-electron chi connectivity index (χ4n) is 3.55. The number of hydrogen-bond donors (Lipinski definition) is 2. The third kappa shape index (κ3) is 4.23. The second-order valence-corrected chi connectivity index (χ2v) is 6.83. The highest BCUT2D eigenvalue weighted by Crippen LogP contribution is 2.43. The molecule has 1 aromatic rings. The minimum absolute atomic E-state index is 0.102. The van der Waals surface area contributed by atoms with Crippen molar-refractivity contribution < 1.29 is 4.79 Å². The van der Waals surface area contributed by atoms with E-state index in [9.17, 15) is 4.79 Å². The van der Waals surface area contributed by atoms with E-state index in [-0.39, 0.29) is 11.3 Å². The molecule has 1 aromatic carbocycles. The zero-order valence-corrected chi connectivity index (χ0v) is 13.3. The van der Waals surface area contributed by atoms with Gasteiger partial charge in [-0.3, -0.25) is 4.79 Å². The van der Waals surface area contributed by atoms with E-state index in [0.29, 0.717) is 12.5 Å². The lowest BCUT2D eigenvalue weighted by Gasteiger charge is -2.29. The molecule has 21 heavy (non-hydrogen) atoms. The van der Waals surface area contributed by atoms with E-state index in [1.165, 1.54) is 18.4 Å². The van der Waals surface area contributed by atoms with Crippen LogP contribution in [0.4, 0.5) is 5.69 Å². The largest absolute Gasteiger partial charge is 0.399 e. The summed E-state index contributed by atoms with van der Waals surface area (Å²) in [5, 5.41) is 3.16. The molecule has 3 N–H and O–H groups in total. The Morgan fingerprint density at radius 2 is 1.86 bits per heavy atom. The van der Waals surface area contributed by atoms with Crippen molar-refractivity contribution in [1.29, 1.82) is 0 Å². The molecule has 1 saturated carbocycles. The molecule has 1 amide bonds. The van der Waals surface area contributed by atoms with Crippen molar-refractivity contribution in [2.45, 2.75) is 52.4 Å². The molecule has 1 aliphatic carbocycles. The molecule has 0 atom stereocenters.